The first-order chi connectivity index (χ1) is 18.0. The van der Waals surface area contributed by atoms with Gasteiger partial charge in [0.2, 0.25) is 0 Å². The van der Waals surface area contributed by atoms with E-state index in [0.717, 1.165) is 33.5 Å². The zero-order chi connectivity index (χ0) is 26.0. The number of carbonyl (C=O) groups is 2. The molecule has 4 aromatic rings. The summed E-state index contributed by atoms with van der Waals surface area (Å²) in [5, 5.41) is 5.85. The van der Waals surface area contributed by atoms with Gasteiger partial charge in [-0.1, -0.05) is 78.4 Å². The monoisotopic (exact) mass is 493 g/mol. The number of nitrogens with one attached hydrogen (secondary N) is 2. The summed E-state index contributed by atoms with van der Waals surface area (Å²) in [7, 11) is 0. The maximum absolute atomic E-state index is 13.1. The number of hydrogen-bond donors (Lipinski definition) is 2. The number of ether oxygens (including phenoxy) is 1. The molecule has 2 N–H and O–H groups in total. The average molecular weight is 494 g/mol. The Hall–Kier alpha value is -4.45. The van der Waals surface area contributed by atoms with Gasteiger partial charge in [-0.2, -0.15) is 0 Å². The minimum atomic E-state index is -0.497. The molecule has 37 heavy (non-hydrogen) atoms. The van der Waals surface area contributed by atoms with Gasteiger partial charge >= 0.3 is 6.09 Å². The third kappa shape index (κ3) is 7.04. The lowest BCUT2D eigenvalue weighted by atomic mass is 9.95. The van der Waals surface area contributed by atoms with E-state index in [1.165, 1.54) is 0 Å². The lowest BCUT2D eigenvalue weighted by Crippen LogP contribution is -2.27. The van der Waals surface area contributed by atoms with Crippen LogP contribution in [-0.4, -0.2) is 23.5 Å². The van der Waals surface area contributed by atoms with Crippen LogP contribution in [0.2, 0.25) is 0 Å². The number of benzene rings is 3. The zero-order valence-corrected chi connectivity index (χ0v) is 21.1. The smallest absolute Gasteiger partial charge is 0.408 e. The van der Waals surface area contributed by atoms with Gasteiger partial charge in [-0.15, -0.1) is 0 Å². The van der Waals surface area contributed by atoms with Gasteiger partial charge < -0.3 is 15.4 Å². The number of aryl methyl sites for hydroxylation is 1. The lowest BCUT2D eigenvalue weighted by Gasteiger charge is -2.16. The van der Waals surface area contributed by atoms with E-state index in [-0.39, 0.29) is 18.6 Å². The first kappa shape index (κ1) is 25.6. The van der Waals surface area contributed by atoms with Gasteiger partial charge in [0.1, 0.15) is 6.10 Å². The lowest BCUT2D eigenvalue weighted by molar-refractivity contribution is 0.0954. The van der Waals surface area contributed by atoms with E-state index in [1.807, 2.05) is 105 Å². The normalized spacial score (nSPS) is 11.4. The van der Waals surface area contributed by atoms with E-state index < -0.39 is 6.09 Å². The molecule has 3 aromatic carbocycles. The molecule has 0 aliphatic heterocycles. The van der Waals surface area contributed by atoms with Crippen molar-refractivity contribution >= 4 is 12.0 Å². The molecule has 4 rings (SSSR count). The van der Waals surface area contributed by atoms with Crippen molar-refractivity contribution in [3.05, 3.63) is 125 Å². The number of pyridine rings is 1. The number of nitrogens with zero attached hydrogens (tertiary/aromatic N) is 1. The second kappa shape index (κ2) is 12.5. The van der Waals surface area contributed by atoms with Crippen LogP contribution < -0.4 is 10.6 Å². The number of amides is 2. The maximum Gasteiger partial charge on any atom is 0.408 e. The van der Waals surface area contributed by atoms with Crippen molar-refractivity contribution in [1.82, 2.24) is 15.6 Å². The Kier molecular flexibility index (Phi) is 8.66. The number of rotatable bonds is 9. The van der Waals surface area contributed by atoms with Crippen molar-refractivity contribution < 1.29 is 14.3 Å². The fraction of sp³-hybridized carbons (Fsp3) is 0.194. The minimum Gasteiger partial charge on any atom is -0.442 e. The van der Waals surface area contributed by atoms with Crippen LogP contribution in [-0.2, 0) is 17.7 Å². The Morgan fingerprint density at radius 2 is 1.54 bits per heavy atom. The minimum absolute atomic E-state index is 0.152. The highest BCUT2D eigenvalue weighted by Crippen LogP contribution is 2.27. The molecule has 0 spiro atoms. The molecule has 188 valence electrons. The Bertz CT molecular complexity index is 1340. The number of carbonyl (C=O) groups excluding carboxylic acids is 2. The Labute approximate surface area is 217 Å². The van der Waals surface area contributed by atoms with Gasteiger partial charge in [-0.25, -0.2) is 4.79 Å². The quantitative estimate of drug-likeness (QED) is 0.299. The molecular weight excluding hydrogens is 462 g/mol. The number of aromatic nitrogens is 1. The van der Waals surface area contributed by atoms with Crippen LogP contribution in [0.25, 0.3) is 11.1 Å². The van der Waals surface area contributed by atoms with E-state index in [9.17, 15) is 9.59 Å². The zero-order valence-electron chi connectivity index (χ0n) is 21.1. The van der Waals surface area contributed by atoms with Crippen LogP contribution in [0, 0.1) is 6.92 Å². The van der Waals surface area contributed by atoms with E-state index in [4.69, 9.17) is 4.74 Å². The molecule has 6 heteroatoms. The highest BCUT2D eigenvalue weighted by molar-refractivity contribution is 6.01. The fourth-order valence-electron chi connectivity index (χ4n) is 4.07. The van der Waals surface area contributed by atoms with Gasteiger partial charge in [-0.3, -0.25) is 9.78 Å². The molecule has 2 amide bonds. The molecular formula is C31H31N3O3. The highest BCUT2D eigenvalue weighted by Gasteiger charge is 2.16. The van der Waals surface area contributed by atoms with E-state index in [1.54, 1.807) is 6.20 Å². The molecule has 0 aliphatic rings. The Balaban J connectivity index is 1.42. The van der Waals surface area contributed by atoms with Crippen LogP contribution in [0.15, 0.2) is 97.2 Å². The van der Waals surface area contributed by atoms with Crippen molar-refractivity contribution in [3.8, 4) is 11.1 Å². The summed E-state index contributed by atoms with van der Waals surface area (Å²) in [5.74, 6) is -0.152. The standard InChI is InChI=1S/C31H31N3O3/c1-22-14-16-24(17-15-22)23(2)37-31(36)34-21-25-9-3-4-11-27(25)28-12-5-6-13-29(28)30(35)33-20-18-26-10-7-8-19-32-26/h3-17,19,23H,18,20-21H2,1-2H3,(H,33,35)(H,34,36)/t23-/m1/s1. The van der Waals surface area contributed by atoms with E-state index >= 15 is 0 Å². The van der Waals surface area contributed by atoms with Crippen LogP contribution in [0.5, 0.6) is 0 Å². The Morgan fingerprint density at radius 3 is 2.30 bits per heavy atom. The first-order valence-corrected chi connectivity index (χ1v) is 12.4. The van der Waals surface area contributed by atoms with Crippen LogP contribution in [0.3, 0.4) is 0 Å². The predicted octanol–water partition coefficient (Wildman–Crippen LogP) is 6.02. The van der Waals surface area contributed by atoms with Crippen molar-refractivity contribution in [1.29, 1.82) is 0 Å². The van der Waals surface area contributed by atoms with Crippen molar-refractivity contribution in [2.75, 3.05) is 6.54 Å². The topological polar surface area (TPSA) is 80.3 Å². The molecule has 0 saturated heterocycles. The van der Waals surface area contributed by atoms with Gasteiger partial charge in [-0.05, 0) is 54.3 Å². The van der Waals surface area contributed by atoms with Gasteiger partial charge in [0.25, 0.3) is 5.91 Å². The largest absolute Gasteiger partial charge is 0.442 e. The molecule has 1 aromatic heterocycles. The molecule has 0 radical (unpaired) electrons. The molecule has 1 heterocycles. The van der Waals surface area contributed by atoms with Crippen LogP contribution in [0.4, 0.5) is 4.79 Å². The summed E-state index contributed by atoms with van der Waals surface area (Å²) in [6.07, 6.45) is 1.53. The summed E-state index contributed by atoms with van der Waals surface area (Å²) < 4.78 is 5.57. The van der Waals surface area contributed by atoms with E-state index in [0.29, 0.717) is 18.5 Å². The number of hydrogen-bond acceptors (Lipinski definition) is 4. The average Bonchev–Trinajstić information content (AvgIpc) is 2.93. The number of alkyl carbamates (subject to hydrolysis) is 1. The predicted molar refractivity (Wildman–Crippen MR) is 145 cm³/mol. The third-order valence-electron chi connectivity index (χ3n) is 6.13. The SMILES string of the molecule is Cc1ccc([C@@H](C)OC(=O)NCc2ccccc2-c2ccccc2C(=O)NCCc2ccccn2)cc1. The van der Waals surface area contributed by atoms with Crippen molar-refractivity contribution in [3.63, 3.8) is 0 Å². The van der Waals surface area contributed by atoms with Crippen LogP contribution in [0.1, 0.15) is 45.8 Å². The summed E-state index contributed by atoms with van der Waals surface area (Å²) in [6.45, 7) is 4.62. The second-order valence-electron chi connectivity index (χ2n) is 8.84. The van der Waals surface area contributed by atoms with Gasteiger partial charge in [0.15, 0.2) is 0 Å². The van der Waals surface area contributed by atoms with Crippen LogP contribution >= 0.6 is 0 Å². The highest BCUT2D eigenvalue weighted by atomic mass is 16.6. The van der Waals surface area contributed by atoms with Crippen molar-refractivity contribution in [2.45, 2.75) is 32.9 Å². The molecule has 0 bridgehead atoms. The summed E-state index contributed by atoms with van der Waals surface area (Å²) >= 11 is 0. The second-order valence-corrected chi connectivity index (χ2v) is 8.84. The molecule has 1 atom stereocenters. The molecule has 0 fully saturated rings. The van der Waals surface area contributed by atoms with Crippen molar-refractivity contribution in [2.24, 2.45) is 0 Å². The van der Waals surface area contributed by atoms with E-state index in [2.05, 4.69) is 15.6 Å². The molecule has 0 aliphatic carbocycles. The Morgan fingerprint density at radius 1 is 0.838 bits per heavy atom. The fourth-order valence-corrected chi connectivity index (χ4v) is 4.07. The molecule has 0 saturated carbocycles. The third-order valence-corrected chi connectivity index (χ3v) is 6.13. The maximum atomic E-state index is 13.1. The molecule has 6 nitrogen and oxygen atoms in total. The van der Waals surface area contributed by atoms with Gasteiger partial charge in [0, 0.05) is 37.0 Å². The van der Waals surface area contributed by atoms with Gasteiger partial charge in [0.05, 0.1) is 0 Å². The summed E-state index contributed by atoms with van der Waals surface area (Å²) in [5.41, 5.74) is 6.16. The summed E-state index contributed by atoms with van der Waals surface area (Å²) in [6, 6.07) is 28.9. The first-order valence-electron chi connectivity index (χ1n) is 12.4. The molecule has 0 unspecified atom stereocenters. The summed E-state index contributed by atoms with van der Waals surface area (Å²) in [4.78, 5) is 29.9.